The van der Waals surface area contributed by atoms with Gasteiger partial charge in [-0.25, -0.2) is 9.59 Å². The van der Waals surface area contributed by atoms with Gasteiger partial charge in [-0.1, -0.05) is 37.3 Å². The summed E-state index contributed by atoms with van der Waals surface area (Å²) in [6, 6.07) is 9.47. The van der Waals surface area contributed by atoms with Crippen LogP contribution in [0.4, 0.5) is 0 Å². The highest BCUT2D eigenvalue weighted by Crippen LogP contribution is 2.22. The van der Waals surface area contributed by atoms with Crippen molar-refractivity contribution in [2.45, 2.75) is 33.8 Å². The van der Waals surface area contributed by atoms with Crippen LogP contribution in [0.5, 0.6) is 0 Å². The smallest absolute Gasteiger partial charge is 0.355 e. The molecule has 1 aromatic heterocycles. The lowest BCUT2D eigenvalue weighted by atomic mass is 10.1. The molecule has 0 atom stereocenters. The highest BCUT2D eigenvalue weighted by Gasteiger charge is 2.25. The zero-order valence-electron chi connectivity index (χ0n) is 13.6. The van der Waals surface area contributed by atoms with Crippen LogP contribution >= 0.6 is 0 Å². The Morgan fingerprint density at radius 2 is 1.74 bits per heavy atom. The Labute approximate surface area is 135 Å². The predicted molar refractivity (Wildman–Crippen MR) is 86.4 cm³/mol. The fourth-order valence-electron chi connectivity index (χ4n) is 2.48. The summed E-state index contributed by atoms with van der Waals surface area (Å²) in [5, 5.41) is 0. The Hall–Kier alpha value is -2.56. The van der Waals surface area contributed by atoms with Gasteiger partial charge in [-0.15, -0.1) is 0 Å². The van der Waals surface area contributed by atoms with Gasteiger partial charge in [0.2, 0.25) is 0 Å². The number of H-pyrrole nitrogens is 1. The second-order valence-electron chi connectivity index (χ2n) is 5.11. The molecule has 23 heavy (non-hydrogen) atoms. The van der Waals surface area contributed by atoms with Crippen molar-refractivity contribution >= 4 is 11.9 Å². The van der Waals surface area contributed by atoms with Gasteiger partial charge in [-0.2, -0.15) is 0 Å². The summed E-state index contributed by atoms with van der Waals surface area (Å²) in [6.45, 7) is 5.87. The van der Waals surface area contributed by atoms with E-state index in [1.807, 2.05) is 37.3 Å². The van der Waals surface area contributed by atoms with E-state index in [0.717, 1.165) is 5.56 Å². The van der Waals surface area contributed by atoms with Crippen molar-refractivity contribution in [3.05, 3.63) is 58.4 Å². The molecule has 2 aromatic rings. The number of hydrogen-bond acceptors (Lipinski definition) is 4. The van der Waals surface area contributed by atoms with E-state index < -0.39 is 11.9 Å². The number of esters is 2. The van der Waals surface area contributed by atoms with Crippen molar-refractivity contribution in [2.75, 3.05) is 6.61 Å². The SMILES string of the molecule is CCOC(=O)c1[nH]c(C)c(C(=O)OCc2ccccc2)c1CC. The van der Waals surface area contributed by atoms with Crippen LogP contribution in [-0.4, -0.2) is 23.5 Å². The van der Waals surface area contributed by atoms with Gasteiger partial charge in [0.05, 0.1) is 12.2 Å². The molecule has 0 bridgehead atoms. The Kier molecular flexibility index (Phi) is 5.57. The van der Waals surface area contributed by atoms with Crippen molar-refractivity contribution in [2.24, 2.45) is 0 Å². The quantitative estimate of drug-likeness (QED) is 0.829. The Morgan fingerprint density at radius 3 is 2.35 bits per heavy atom. The van der Waals surface area contributed by atoms with E-state index in [0.29, 0.717) is 28.9 Å². The van der Waals surface area contributed by atoms with Crippen molar-refractivity contribution < 1.29 is 19.1 Å². The van der Waals surface area contributed by atoms with E-state index >= 15 is 0 Å². The summed E-state index contributed by atoms with van der Waals surface area (Å²) in [5.74, 6) is -0.885. The molecule has 0 fully saturated rings. The lowest BCUT2D eigenvalue weighted by Crippen LogP contribution is -2.11. The molecule has 0 radical (unpaired) electrons. The molecule has 0 saturated carbocycles. The zero-order chi connectivity index (χ0) is 16.8. The number of hydrogen-bond donors (Lipinski definition) is 1. The monoisotopic (exact) mass is 315 g/mol. The van der Waals surface area contributed by atoms with Gasteiger partial charge in [0.1, 0.15) is 12.3 Å². The molecule has 0 amide bonds. The molecule has 0 aliphatic carbocycles. The van der Waals surface area contributed by atoms with Crippen LogP contribution in [-0.2, 0) is 22.5 Å². The Bertz CT molecular complexity index is 689. The number of aromatic amines is 1. The van der Waals surface area contributed by atoms with Gasteiger partial charge < -0.3 is 14.5 Å². The molecular formula is C18H21NO4. The van der Waals surface area contributed by atoms with E-state index in [-0.39, 0.29) is 13.2 Å². The van der Waals surface area contributed by atoms with Crippen molar-refractivity contribution in [1.82, 2.24) is 4.98 Å². The van der Waals surface area contributed by atoms with Crippen molar-refractivity contribution in [3.63, 3.8) is 0 Å². The Balaban J connectivity index is 2.21. The standard InChI is InChI=1S/C18H21NO4/c1-4-14-15(12(3)19-16(14)18(21)22-5-2)17(20)23-11-13-9-7-6-8-10-13/h6-10,19H,4-5,11H2,1-3H3. The number of aromatic nitrogens is 1. The second-order valence-corrected chi connectivity index (χ2v) is 5.11. The topological polar surface area (TPSA) is 68.4 Å². The molecule has 1 N–H and O–H groups in total. The molecule has 122 valence electrons. The number of carbonyl (C=O) groups is 2. The Morgan fingerprint density at radius 1 is 1.04 bits per heavy atom. The molecule has 0 aliphatic heterocycles. The third kappa shape index (κ3) is 3.80. The number of carbonyl (C=O) groups excluding carboxylic acids is 2. The number of ether oxygens (including phenoxy) is 2. The number of nitrogens with one attached hydrogen (secondary N) is 1. The highest BCUT2D eigenvalue weighted by atomic mass is 16.5. The maximum absolute atomic E-state index is 12.4. The lowest BCUT2D eigenvalue weighted by Gasteiger charge is -2.07. The minimum Gasteiger partial charge on any atom is -0.461 e. The van der Waals surface area contributed by atoms with Crippen LogP contribution in [0.3, 0.4) is 0 Å². The lowest BCUT2D eigenvalue weighted by molar-refractivity contribution is 0.0471. The van der Waals surface area contributed by atoms with Crippen LogP contribution < -0.4 is 0 Å². The largest absolute Gasteiger partial charge is 0.461 e. The molecule has 5 nitrogen and oxygen atoms in total. The second kappa shape index (κ2) is 7.63. The predicted octanol–water partition coefficient (Wildman–Crippen LogP) is 3.42. The number of aryl methyl sites for hydroxylation is 1. The van der Waals surface area contributed by atoms with Gasteiger partial charge in [-0.3, -0.25) is 0 Å². The minimum absolute atomic E-state index is 0.197. The van der Waals surface area contributed by atoms with E-state index in [2.05, 4.69) is 4.98 Å². The third-order valence-corrected chi connectivity index (χ3v) is 3.54. The van der Waals surface area contributed by atoms with E-state index in [4.69, 9.17) is 9.47 Å². The fourth-order valence-corrected chi connectivity index (χ4v) is 2.48. The van der Waals surface area contributed by atoms with Crippen LogP contribution in [0.25, 0.3) is 0 Å². The molecule has 1 aromatic carbocycles. The molecule has 0 spiro atoms. The van der Waals surface area contributed by atoms with E-state index in [1.54, 1.807) is 13.8 Å². The first-order chi connectivity index (χ1) is 11.1. The third-order valence-electron chi connectivity index (χ3n) is 3.54. The normalized spacial score (nSPS) is 10.4. The average molecular weight is 315 g/mol. The van der Waals surface area contributed by atoms with E-state index in [1.165, 1.54) is 0 Å². The van der Waals surface area contributed by atoms with Crippen LogP contribution in [0.2, 0.25) is 0 Å². The van der Waals surface area contributed by atoms with Gasteiger partial charge in [0.15, 0.2) is 0 Å². The minimum atomic E-state index is -0.449. The molecular weight excluding hydrogens is 294 g/mol. The number of benzene rings is 1. The average Bonchev–Trinajstić information content (AvgIpc) is 2.90. The zero-order valence-corrected chi connectivity index (χ0v) is 13.6. The molecule has 0 saturated heterocycles. The summed E-state index contributed by atoms with van der Waals surface area (Å²) in [7, 11) is 0. The van der Waals surface area contributed by atoms with Crippen LogP contribution in [0.15, 0.2) is 30.3 Å². The van der Waals surface area contributed by atoms with Crippen LogP contribution in [0.1, 0.15) is 51.5 Å². The molecule has 2 rings (SSSR count). The molecule has 1 heterocycles. The fraction of sp³-hybridized carbons (Fsp3) is 0.333. The summed E-state index contributed by atoms with van der Waals surface area (Å²) in [4.78, 5) is 27.4. The number of rotatable bonds is 6. The molecule has 0 unspecified atom stereocenters. The van der Waals surface area contributed by atoms with Gasteiger partial charge in [0, 0.05) is 5.69 Å². The van der Waals surface area contributed by atoms with Crippen LogP contribution in [0, 0.1) is 6.92 Å². The van der Waals surface area contributed by atoms with Crippen molar-refractivity contribution in [1.29, 1.82) is 0 Å². The van der Waals surface area contributed by atoms with Gasteiger partial charge in [-0.05, 0) is 31.4 Å². The first kappa shape index (κ1) is 16.8. The summed E-state index contributed by atoms with van der Waals surface area (Å²) < 4.78 is 10.4. The van der Waals surface area contributed by atoms with E-state index in [9.17, 15) is 9.59 Å². The molecule has 5 heteroatoms. The van der Waals surface area contributed by atoms with Gasteiger partial charge in [0.25, 0.3) is 0 Å². The maximum atomic E-state index is 12.4. The summed E-state index contributed by atoms with van der Waals surface area (Å²) in [6.07, 6.45) is 0.536. The van der Waals surface area contributed by atoms with Crippen molar-refractivity contribution in [3.8, 4) is 0 Å². The first-order valence-corrected chi connectivity index (χ1v) is 7.68. The molecule has 0 aliphatic rings. The maximum Gasteiger partial charge on any atom is 0.355 e. The highest BCUT2D eigenvalue weighted by molar-refractivity contribution is 5.98. The summed E-state index contributed by atoms with van der Waals surface area (Å²) >= 11 is 0. The summed E-state index contributed by atoms with van der Waals surface area (Å²) in [5.41, 5.74) is 2.92. The van der Waals surface area contributed by atoms with Gasteiger partial charge >= 0.3 is 11.9 Å². The first-order valence-electron chi connectivity index (χ1n) is 7.68.